The molecule has 0 aliphatic carbocycles. The van der Waals surface area contributed by atoms with Crippen LogP contribution in [-0.4, -0.2) is 65.7 Å². The van der Waals surface area contributed by atoms with Crippen molar-refractivity contribution in [2.75, 3.05) is 42.3 Å². The summed E-state index contributed by atoms with van der Waals surface area (Å²) < 4.78 is 4.50. The first-order valence-electron chi connectivity index (χ1n) is 3.71. The van der Waals surface area contributed by atoms with E-state index < -0.39 is 9.28 Å². The van der Waals surface area contributed by atoms with Crippen molar-refractivity contribution in [2.45, 2.75) is 0 Å². The number of nitrogens with zero attached hydrogens (tertiary/aromatic N) is 3. The third-order valence-corrected chi connectivity index (χ3v) is 4.06. The second-order valence-electron chi connectivity index (χ2n) is 3.32. The molecule has 0 aromatic heterocycles. The smallest absolute Gasteiger partial charge is 0.283 e. The van der Waals surface area contributed by atoms with E-state index >= 15 is 0 Å². The lowest BCUT2D eigenvalue weighted by Crippen LogP contribution is -2.60. The standard InChI is InChI=1S/C6H20N4Si/c1-8(2)7-11(9(3)4)10(5)6/h7,11H,1-6H3. The maximum atomic E-state index is 3.40. The maximum absolute atomic E-state index is 3.40. The molecule has 68 valence electrons. The molecule has 0 unspecified atom stereocenters. The molecular formula is C6H20N4Si. The SMILES string of the molecule is CN(C)N[SiH](N(C)C)N(C)C. The largest absolute Gasteiger partial charge is 0.307 e. The summed E-state index contributed by atoms with van der Waals surface area (Å²) in [5.74, 6) is 0. The quantitative estimate of drug-likeness (QED) is 0.433. The topological polar surface area (TPSA) is 21.8 Å². The minimum atomic E-state index is -1.10. The molecular weight excluding hydrogens is 156 g/mol. The Morgan fingerprint density at radius 2 is 1.18 bits per heavy atom. The van der Waals surface area contributed by atoms with Gasteiger partial charge in [0.2, 0.25) is 0 Å². The summed E-state index contributed by atoms with van der Waals surface area (Å²) in [4.78, 5) is 0. The van der Waals surface area contributed by atoms with Crippen LogP contribution in [0.1, 0.15) is 0 Å². The molecule has 0 atom stereocenters. The van der Waals surface area contributed by atoms with Crippen LogP contribution < -0.4 is 5.09 Å². The average molecular weight is 176 g/mol. The van der Waals surface area contributed by atoms with Gasteiger partial charge in [0.15, 0.2) is 0 Å². The maximum Gasteiger partial charge on any atom is 0.283 e. The molecule has 0 bridgehead atoms. The molecule has 1 N–H and O–H groups in total. The average Bonchev–Trinajstić information content (AvgIpc) is 1.81. The van der Waals surface area contributed by atoms with Crippen molar-refractivity contribution >= 4 is 9.28 Å². The Labute approximate surface area is 71.6 Å². The van der Waals surface area contributed by atoms with E-state index in [9.17, 15) is 0 Å². The Hall–Kier alpha value is 0.0569. The highest BCUT2D eigenvalue weighted by Gasteiger charge is 2.16. The number of hydrogen-bond acceptors (Lipinski definition) is 4. The van der Waals surface area contributed by atoms with Crippen molar-refractivity contribution in [3.8, 4) is 0 Å². The predicted octanol–water partition coefficient (Wildman–Crippen LogP) is -1.11. The third-order valence-electron chi connectivity index (χ3n) is 1.35. The highest BCUT2D eigenvalue weighted by molar-refractivity contribution is 6.49. The van der Waals surface area contributed by atoms with Gasteiger partial charge in [-0.15, -0.1) is 0 Å². The fraction of sp³-hybridized carbons (Fsp3) is 1.00. The van der Waals surface area contributed by atoms with Crippen LogP contribution in [-0.2, 0) is 0 Å². The molecule has 0 aliphatic heterocycles. The van der Waals surface area contributed by atoms with Crippen LogP contribution in [0.4, 0.5) is 0 Å². The monoisotopic (exact) mass is 176 g/mol. The van der Waals surface area contributed by atoms with Crippen molar-refractivity contribution < 1.29 is 0 Å². The Morgan fingerprint density at radius 1 is 0.818 bits per heavy atom. The molecule has 0 radical (unpaired) electrons. The van der Waals surface area contributed by atoms with Gasteiger partial charge in [0.25, 0.3) is 9.28 Å². The third kappa shape index (κ3) is 4.49. The van der Waals surface area contributed by atoms with Gasteiger partial charge in [-0.05, 0) is 28.2 Å². The lowest BCUT2D eigenvalue weighted by Gasteiger charge is -2.31. The molecule has 0 saturated carbocycles. The molecule has 0 spiro atoms. The van der Waals surface area contributed by atoms with Crippen LogP contribution in [0.5, 0.6) is 0 Å². The van der Waals surface area contributed by atoms with Gasteiger partial charge < -0.3 is 9.13 Å². The van der Waals surface area contributed by atoms with E-state index in [2.05, 4.69) is 42.4 Å². The van der Waals surface area contributed by atoms with E-state index in [-0.39, 0.29) is 0 Å². The van der Waals surface area contributed by atoms with Crippen LogP contribution in [0.25, 0.3) is 0 Å². The molecule has 0 rings (SSSR count). The molecule has 5 heteroatoms. The molecule has 0 fully saturated rings. The van der Waals surface area contributed by atoms with Crippen LogP contribution in [0.3, 0.4) is 0 Å². The summed E-state index contributed by atoms with van der Waals surface area (Å²) in [7, 11) is 11.4. The second-order valence-corrected chi connectivity index (χ2v) is 6.40. The second kappa shape index (κ2) is 4.84. The van der Waals surface area contributed by atoms with E-state index in [1.807, 2.05) is 19.1 Å². The Balaban J connectivity index is 3.90. The predicted molar refractivity (Wildman–Crippen MR) is 51.3 cm³/mol. The van der Waals surface area contributed by atoms with Crippen LogP contribution >= 0.6 is 0 Å². The zero-order valence-corrected chi connectivity index (χ0v) is 9.57. The summed E-state index contributed by atoms with van der Waals surface area (Å²) in [5.41, 5.74) is 0. The number of nitrogens with one attached hydrogen (secondary N) is 1. The summed E-state index contributed by atoms with van der Waals surface area (Å²) in [6, 6.07) is 0. The number of hydrogen-bond donors (Lipinski definition) is 1. The summed E-state index contributed by atoms with van der Waals surface area (Å²) in [5, 5.41) is 5.41. The zero-order chi connectivity index (χ0) is 9.02. The lowest BCUT2D eigenvalue weighted by atomic mass is 11.2. The first-order chi connectivity index (χ1) is 4.95. The molecule has 4 nitrogen and oxygen atoms in total. The minimum absolute atomic E-state index is 1.10. The Morgan fingerprint density at radius 3 is 1.27 bits per heavy atom. The first kappa shape index (κ1) is 11.1. The van der Waals surface area contributed by atoms with Gasteiger partial charge in [-0.2, -0.15) is 0 Å². The van der Waals surface area contributed by atoms with Crippen LogP contribution in [0.2, 0.25) is 0 Å². The Kier molecular flexibility index (Phi) is 4.86. The van der Waals surface area contributed by atoms with Crippen LogP contribution in [0.15, 0.2) is 0 Å². The van der Waals surface area contributed by atoms with Crippen molar-refractivity contribution in [3.63, 3.8) is 0 Å². The van der Waals surface area contributed by atoms with Crippen molar-refractivity contribution in [1.82, 2.24) is 19.2 Å². The molecule has 0 amide bonds. The summed E-state index contributed by atoms with van der Waals surface area (Å²) in [6.45, 7) is 0. The minimum Gasteiger partial charge on any atom is -0.307 e. The normalized spacial score (nSPS) is 12.5. The van der Waals surface area contributed by atoms with E-state index in [0.29, 0.717) is 0 Å². The summed E-state index contributed by atoms with van der Waals surface area (Å²) >= 11 is 0. The zero-order valence-electron chi connectivity index (χ0n) is 8.42. The summed E-state index contributed by atoms with van der Waals surface area (Å²) in [6.07, 6.45) is 0. The van der Waals surface area contributed by atoms with E-state index in [1.165, 1.54) is 0 Å². The first-order valence-corrected chi connectivity index (χ1v) is 5.32. The van der Waals surface area contributed by atoms with Gasteiger partial charge in [-0.3, -0.25) is 10.1 Å². The Bertz CT molecular complexity index is 96.8. The van der Waals surface area contributed by atoms with E-state index in [1.54, 1.807) is 0 Å². The fourth-order valence-electron chi connectivity index (χ4n) is 0.924. The van der Waals surface area contributed by atoms with Gasteiger partial charge in [-0.1, -0.05) is 0 Å². The highest BCUT2D eigenvalue weighted by atomic mass is 28.3. The van der Waals surface area contributed by atoms with E-state index in [0.717, 1.165) is 0 Å². The number of rotatable bonds is 4. The fourth-order valence-corrected chi connectivity index (χ4v) is 2.77. The van der Waals surface area contributed by atoms with E-state index in [4.69, 9.17) is 0 Å². The van der Waals surface area contributed by atoms with Gasteiger partial charge in [0.05, 0.1) is 0 Å². The molecule has 0 aliphatic rings. The van der Waals surface area contributed by atoms with Crippen molar-refractivity contribution in [2.24, 2.45) is 0 Å². The molecule has 0 aromatic rings. The van der Waals surface area contributed by atoms with Gasteiger partial charge in [-0.25, -0.2) is 0 Å². The van der Waals surface area contributed by atoms with Gasteiger partial charge in [0, 0.05) is 14.1 Å². The van der Waals surface area contributed by atoms with Crippen LogP contribution in [0, 0.1) is 0 Å². The molecule has 0 saturated heterocycles. The van der Waals surface area contributed by atoms with Gasteiger partial charge in [0.1, 0.15) is 0 Å². The molecule has 0 aromatic carbocycles. The highest BCUT2D eigenvalue weighted by Crippen LogP contribution is 1.86. The van der Waals surface area contributed by atoms with Gasteiger partial charge >= 0.3 is 0 Å². The molecule has 0 heterocycles. The lowest BCUT2D eigenvalue weighted by molar-refractivity contribution is 0.327. The molecule has 11 heavy (non-hydrogen) atoms. The van der Waals surface area contributed by atoms with Crippen molar-refractivity contribution in [3.05, 3.63) is 0 Å². The number of hydrazine groups is 1. The van der Waals surface area contributed by atoms with Crippen molar-refractivity contribution in [1.29, 1.82) is 0 Å².